The maximum atomic E-state index is 6.05. The van der Waals surface area contributed by atoms with Gasteiger partial charge in [-0.2, -0.15) is 0 Å². The van der Waals surface area contributed by atoms with Gasteiger partial charge in [-0.25, -0.2) is 0 Å². The Bertz CT molecular complexity index is 347. The van der Waals surface area contributed by atoms with E-state index in [9.17, 15) is 0 Å². The third-order valence-electron chi connectivity index (χ3n) is 3.85. The van der Waals surface area contributed by atoms with Crippen LogP contribution in [0.2, 0.25) is 0 Å². The van der Waals surface area contributed by atoms with Crippen molar-refractivity contribution in [2.24, 2.45) is 0 Å². The molecule has 4 rings (SSSR count). The first-order valence-corrected chi connectivity index (χ1v) is 6.02. The van der Waals surface area contributed by atoms with Gasteiger partial charge in [-0.15, -0.1) is 0 Å². The Labute approximate surface area is 96.6 Å². The van der Waals surface area contributed by atoms with Crippen LogP contribution in [-0.4, -0.2) is 24.4 Å². The Morgan fingerprint density at radius 3 is 2.44 bits per heavy atom. The molecule has 0 saturated carbocycles. The number of hydrogen-bond acceptors (Lipinski definition) is 2. The molecule has 0 spiro atoms. The maximum absolute atomic E-state index is 6.05. The topological polar surface area (TPSA) is 18.5 Å². The van der Waals surface area contributed by atoms with Gasteiger partial charge in [-0.3, -0.25) is 0 Å². The zero-order valence-corrected chi connectivity index (χ0v) is 9.74. The summed E-state index contributed by atoms with van der Waals surface area (Å²) in [5.41, 5.74) is 1.27. The lowest BCUT2D eigenvalue weighted by atomic mass is 9.80. The predicted octanol–water partition coefficient (Wildman–Crippen LogP) is 2.57. The van der Waals surface area contributed by atoms with Crippen molar-refractivity contribution < 1.29 is 9.47 Å². The van der Waals surface area contributed by atoms with Gasteiger partial charge in [0.15, 0.2) is 0 Å². The largest absolute Gasteiger partial charge is 0.370 e. The first-order valence-electron chi connectivity index (χ1n) is 6.02. The fourth-order valence-electron chi connectivity index (χ4n) is 2.63. The molecular weight excluding hydrogens is 200 g/mol. The van der Waals surface area contributed by atoms with Crippen molar-refractivity contribution in [2.45, 2.75) is 37.4 Å². The molecule has 2 heteroatoms. The average molecular weight is 218 g/mol. The second-order valence-corrected chi connectivity index (χ2v) is 5.37. The van der Waals surface area contributed by atoms with Gasteiger partial charge < -0.3 is 9.47 Å². The molecule has 0 aliphatic carbocycles. The van der Waals surface area contributed by atoms with Gasteiger partial charge >= 0.3 is 0 Å². The van der Waals surface area contributed by atoms with E-state index in [-0.39, 0.29) is 11.2 Å². The highest BCUT2D eigenvalue weighted by atomic mass is 16.6. The highest BCUT2D eigenvalue weighted by Crippen LogP contribution is 2.41. The van der Waals surface area contributed by atoms with Crippen LogP contribution < -0.4 is 0 Å². The van der Waals surface area contributed by atoms with Crippen LogP contribution in [0.5, 0.6) is 0 Å². The van der Waals surface area contributed by atoms with Crippen molar-refractivity contribution in [1.29, 1.82) is 0 Å². The standard InChI is InChI=1S/C14H18O2/c1-13-7-8-14(11-15-13,16-10-13)9-12-5-3-2-4-6-12/h2-6H,7-11H2,1H3. The number of fused-ring (bicyclic) bond motifs is 3. The fourth-order valence-corrected chi connectivity index (χ4v) is 2.63. The van der Waals surface area contributed by atoms with E-state index in [1.165, 1.54) is 5.56 Å². The lowest BCUT2D eigenvalue weighted by Crippen LogP contribution is -2.59. The molecule has 3 aliphatic heterocycles. The average Bonchev–Trinajstić information content (AvgIpc) is 2.33. The molecule has 3 aliphatic rings. The van der Waals surface area contributed by atoms with Gasteiger partial charge in [0, 0.05) is 6.42 Å². The van der Waals surface area contributed by atoms with E-state index in [0.717, 1.165) is 32.5 Å². The van der Waals surface area contributed by atoms with Crippen molar-refractivity contribution in [3.05, 3.63) is 35.9 Å². The SMILES string of the molecule is CC12CCC(Cc3ccccc3)(CO1)OC2. The van der Waals surface area contributed by atoms with Crippen LogP contribution in [0.15, 0.2) is 30.3 Å². The minimum absolute atomic E-state index is 0.0154. The molecule has 2 nitrogen and oxygen atoms in total. The molecule has 0 radical (unpaired) electrons. The highest BCUT2D eigenvalue weighted by Gasteiger charge is 2.48. The molecule has 1 aromatic carbocycles. The van der Waals surface area contributed by atoms with Gasteiger partial charge in [0.1, 0.15) is 0 Å². The second-order valence-electron chi connectivity index (χ2n) is 5.37. The van der Waals surface area contributed by atoms with Crippen LogP contribution in [0.4, 0.5) is 0 Å². The van der Waals surface area contributed by atoms with Crippen molar-refractivity contribution in [3.63, 3.8) is 0 Å². The molecule has 0 amide bonds. The van der Waals surface area contributed by atoms with Crippen LogP contribution in [0.3, 0.4) is 0 Å². The summed E-state index contributed by atoms with van der Waals surface area (Å²) in [5, 5.41) is 0. The van der Waals surface area contributed by atoms with E-state index in [2.05, 4.69) is 37.3 Å². The van der Waals surface area contributed by atoms with E-state index in [1.54, 1.807) is 0 Å². The summed E-state index contributed by atoms with van der Waals surface area (Å²) in [4.78, 5) is 0. The summed E-state index contributed by atoms with van der Waals surface area (Å²) < 4.78 is 12.0. The molecule has 3 saturated heterocycles. The van der Waals surface area contributed by atoms with Gasteiger partial charge in [-0.05, 0) is 25.3 Å². The van der Waals surface area contributed by atoms with Gasteiger partial charge in [-0.1, -0.05) is 30.3 Å². The molecule has 3 fully saturated rings. The molecule has 3 heterocycles. The first kappa shape index (κ1) is 10.3. The number of benzene rings is 1. The minimum atomic E-state index is -0.0564. The van der Waals surface area contributed by atoms with Gasteiger partial charge in [0.2, 0.25) is 0 Å². The lowest BCUT2D eigenvalue weighted by molar-refractivity contribution is -0.271. The van der Waals surface area contributed by atoms with Crippen molar-refractivity contribution >= 4 is 0 Å². The summed E-state index contributed by atoms with van der Waals surface area (Å²) in [6.07, 6.45) is 3.22. The summed E-state index contributed by atoms with van der Waals surface area (Å²) in [6.45, 7) is 3.65. The summed E-state index contributed by atoms with van der Waals surface area (Å²) in [5.74, 6) is 0. The highest BCUT2D eigenvalue weighted by molar-refractivity contribution is 5.18. The summed E-state index contributed by atoms with van der Waals surface area (Å²) >= 11 is 0. The second kappa shape index (κ2) is 3.57. The smallest absolute Gasteiger partial charge is 0.0957 e. The number of rotatable bonds is 2. The van der Waals surface area contributed by atoms with Crippen LogP contribution in [0, 0.1) is 0 Å². The van der Waals surface area contributed by atoms with Crippen LogP contribution in [-0.2, 0) is 15.9 Å². The Hall–Kier alpha value is -0.860. The number of hydrogen-bond donors (Lipinski definition) is 0. The molecule has 2 unspecified atom stereocenters. The van der Waals surface area contributed by atoms with Gasteiger partial charge in [0.05, 0.1) is 24.4 Å². The number of ether oxygens (including phenoxy) is 2. The molecule has 2 bridgehead atoms. The van der Waals surface area contributed by atoms with E-state index >= 15 is 0 Å². The normalized spacial score (nSPS) is 37.6. The zero-order valence-electron chi connectivity index (χ0n) is 9.74. The fraction of sp³-hybridized carbons (Fsp3) is 0.571. The minimum Gasteiger partial charge on any atom is -0.370 e. The Kier molecular flexibility index (Phi) is 2.30. The van der Waals surface area contributed by atoms with Crippen molar-refractivity contribution in [3.8, 4) is 0 Å². The van der Waals surface area contributed by atoms with Crippen LogP contribution in [0.25, 0.3) is 0 Å². The molecule has 86 valence electrons. The van der Waals surface area contributed by atoms with E-state index in [4.69, 9.17) is 9.47 Å². The molecule has 2 atom stereocenters. The van der Waals surface area contributed by atoms with Gasteiger partial charge in [0.25, 0.3) is 0 Å². The van der Waals surface area contributed by atoms with Crippen LogP contribution in [0.1, 0.15) is 25.3 Å². The lowest BCUT2D eigenvalue weighted by Gasteiger charge is -2.51. The molecule has 0 aromatic heterocycles. The van der Waals surface area contributed by atoms with E-state index in [1.807, 2.05) is 0 Å². The Balaban J connectivity index is 1.76. The molecule has 0 N–H and O–H groups in total. The molecule has 16 heavy (non-hydrogen) atoms. The van der Waals surface area contributed by atoms with Crippen molar-refractivity contribution in [2.75, 3.05) is 13.2 Å². The summed E-state index contributed by atoms with van der Waals surface area (Å²) in [6, 6.07) is 10.6. The maximum Gasteiger partial charge on any atom is 0.0957 e. The van der Waals surface area contributed by atoms with E-state index < -0.39 is 0 Å². The third-order valence-corrected chi connectivity index (χ3v) is 3.85. The Morgan fingerprint density at radius 2 is 1.88 bits per heavy atom. The summed E-state index contributed by atoms with van der Waals surface area (Å²) in [7, 11) is 0. The van der Waals surface area contributed by atoms with Crippen molar-refractivity contribution in [1.82, 2.24) is 0 Å². The third kappa shape index (κ3) is 1.76. The molecule has 1 aromatic rings. The zero-order chi connectivity index (χ0) is 11.1. The van der Waals surface area contributed by atoms with Crippen LogP contribution >= 0.6 is 0 Å². The monoisotopic (exact) mass is 218 g/mol. The molecular formula is C14H18O2. The van der Waals surface area contributed by atoms with E-state index in [0.29, 0.717) is 0 Å². The first-order chi connectivity index (χ1) is 7.70. The quantitative estimate of drug-likeness (QED) is 0.759. The predicted molar refractivity (Wildman–Crippen MR) is 62.4 cm³/mol. The Morgan fingerprint density at radius 1 is 1.06 bits per heavy atom.